The molecule has 0 spiro atoms. The molecule has 0 aliphatic carbocycles. The minimum absolute atomic E-state index is 0.267. The van der Waals surface area contributed by atoms with Crippen LogP contribution in [0.5, 0.6) is 5.75 Å². The van der Waals surface area contributed by atoms with E-state index in [4.69, 9.17) is 9.15 Å². The lowest BCUT2D eigenvalue weighted by molar-refractivity contribution is 0.0945. The molecule has 0 aliphatic rings. The molecule has 0 saturated carbocycles. The molecule has 4 rings (SSSR count). The van der Waals surface area contributed by atoms with Gasteiger partial charge in [-0.1, -0.05) is 6.08 Å². The van der Waals surface area contributed by atoms with Crippen molar-refractivity contribution in [3.8, 4) is 5.75 Å². The Kier molecular flexibility index (Phi) is 5.07. The first kappa shape index (κ1) is 18.4. The molecule has 0 bridgehead atoms. The number of hydrogen-bond acceptors (Lipinski definition) is 5. The first-order valence-corrected chi connectivity index (χ1v) is 8.81. The van der Waals surface area contributed by atoms with Gasteiger partial charge in [0.25, 0.3) is 5.91 Å². The van der Waals surface area contributed by atoms with E-state index >= 15 is 0 Å². The summed E-state index contributed by atoms with van der Waals surface area (Å²) in [6.07, 6.45) is 6.48. The van der Waals surface area contributed by atoms with Crippen LogP contribution >= 0.6 is 0 Å². The van der Waals surface area contributed by atoms with Gasteiger partial charge in [0.1, 0.15) is 11.5 Å². The fourth-order valence-electron chi connectivity index (χ4n) is 2.95. The minimum Gasteiger partial charge on any atom is -0.495 e. The number of carbonyl (C=O) groups is 1. The third kappa shape index (κ3) is 3.86. The van der Waals surface area contributed by atoms with Crippen molar-refractivity contribution < 1.29 is 18.3 Å². The van der Waals surface area contributed by atoms with E-state index in [9.17, 15) is 9.18 Å². The zero-order valence-corrected chi connectivity index (χ0v) is 15.5. The second-order valence-electron chi connectivity index (χ2n) is 6.19. The van der Waals surface area contributed by atoms with E-state index in [0.29, 0.717) is 33.7 Å². The standard InChI is InChI=1S/C21H17FN4O3/c1-28-20-15(21(27)24-12-14-3-2-10-29-14)6-8-17-19(20)16(25-26-17)7-4-13-5-9-18(22)23-11-13/h2-11H,12H2,1H3,(H,24,27)(H,25,26)/b7-4+. The lowest BCUT2D eigenvalue weighted by Gasteiger charge is -2.10. The normalized spacial score (nSPS) is 11.2. The molecule has 0 radical (unpaired) electrons. The summed E-state index contributed by atoms with van der Waals surface area (Å²) in [5.41, 5.74) is 2.41. The molecule has 0 unspecified atom stereocenters. The monoisotopic (exact) mass is 392 g/mol. The van der Waals surface area contributed by atoms with Crippen LogP contribution in [0.25, 0.3) is 23.1 Å². The molecule has 3 aromatic heterocycles. The van der Waals surface area contributed by atoms with Gasteiger partial charge in [0.2, 0.25) is 5.95 Å². The van der Waals surface area contributed by atoms with Gasteiger partial charge in [-0.15, -0.1) is 0 Å². The molecule has 4 aromatic rings. The number of rotatable bonds is 6. The van der Waals surface area contributed by atoms with E-state index < -0.39 is 5.95 Å². The fourth-order valence-corrected chi connectivity index (χ4v) is 2.95. The lowest BCUT2D eigenvalue weighted by Crippen LogP contribution is -2.23. The van der Waals surface area contributed by atoms with Gasteiger partial charge < -0.3 is 14.5 Å². The number of hydrogen-bond donors (Lipinski definition) is 2. The third-order valence-corrected chi connectivity index (χ3v) is 4.35. The number of ether oxygens (including phenoxy) is 1. The number of nitrogens with one attached hydrogen (secondary N) is 2. The maximum Gasteiger partial charge on any atom is 0.255 e. The summed E-state index contributed by atoms with van der Waals surface area (Å²) in [5.74, 6) is 0.224. The summed E-state index contributed by atoms with van der Waals surface area (Å²) in [7, 11) is 1.50. The topological polar surface area (TPSA) is 93.0 Å². The van der Waals surface area contributed by atoms with E-state index in [1.54, 1.807) is 48.7 Å². The van der Waals surface area contributed by atoms with Crippen molar-refractivity contribution in [2.24, 2.45) is 0 Å². The van der Waals surface area contributed by atoms with Gasteiger partial charge in [0, 0.05) is 6.20 Å². The SMILES string of the molecule is COc1c(C(=O)NCc2ccco2)ccc2[nH]nc(/C=C/c3ccc(F)nc3)c12. The number of aromatic amines is 1. The number of benzene rings is 1. The predicted molar refractivity (Wildman–Crippen MR) is 106 cm³/mol. The molecular formula is C21H17FN4O3. The highest BCUT2D eigenvalue weighted by Gasteiger charge is 2.19. The molecule has 7 nitrogen and oxygen atoms in total. The Morgan fingerprint density at radius 3 is 2.90 bits per heavy atom. The van der Waals surface area contributed by atoms with Gasteiger partial charge in [-0.25, -0.2) is 4.98 Å². The molecule has 8 heteroatoms. The summed E-state index contributed by atoms with van der Waals surface area (Å²) >= 11 is 0. The lowest BCUT2D eigenvalue weighted by atomic mass is 10.1. The van der Waals surface area contributed by atoms with Gasteiger partial charge in [0.05, 0.1) is 42.1 Å². The van der Waals surface area contributed by atoms with Crippen molar-refractivity contribution in [3.63, 3.8) is 0 Å². The van der Waals surface area contributed by atoms with Crippen LogP contribution in [-0.4, -0.2) is 28.2 Å². The van der Waals surface area contributed by atoms with Gasteiger partial charge in [-0.3, -0.25) is 9.89 Å². The van der Waals surface area contributed by atoms with E-state index in [2.05, 4.69) is 20.5 Å². The number of furan rings is 1. The highest BCUT2D eigenvalue weighted by atomic mass is 19.1. The van der Waals surface area contributed by atoms with Crippen LogP contribution in [0.3, 0.4) is 0 Å². The Hall–Kier alpha value is -3.94. The van der Waals surface area contributed by atoms with Gasteiger partial charge in [0.15, 0.2) is 0 Å². The number of aromatic nitrogens is 3. The van der Waals surface area contributed by atoms with E-state index in [1.807, 2.05) is 0 Å². The molecule has 0 fully saturated rings. The van der Waals surface area contributed by atoms with Gasteiger partial charge in [-0.2, -0.15) is 9.49 Å². The summed E-state index contributed by atoms with van der Waals surface area (Å²) in [6, 6.07) is 9.87. The van der Waals surface area contributed by atoms with E-state index in [0.717, 1.165) is 5.52 Å². The second kappa shape index (κ2) is 7.97. The first-order chi connectivity index (χ1) is 14.2. The number of halogens is 1. The third-order valence-electron chi connectivity index (χ3n) is 4.35. The molecule has 146 valence electrons. The molecule has 1 amide bonds. The van der Waals surface area contributed by atoms with Crippen LogP contribution < -0.4 is 10.1 Å². The first-order valence-electron chi connectivity index (χ1n) is 8.81. The highest BCUT2D eigenvalue weighted by molar-refractivity contribution is 6.05. The summed E-state index contributed by atoms with van der Waals surface area (Å²) in [5, 5.41) is 10.7. The fraction of sp³-hybridized carbons (Fsp3) is 0.0952. The molecule has 3 heterocycles. The van der Waals surface area contributed by atoms with Crippen molar-refractivity contribution in [1.29, 1.82) is 0 Å². The van der Waals surface area contributed by atoms with Crippen molar-refractivity contribution in [2.75, 3.05) is 7.11 Å². The highest BCUT2D eigenvalue weighted by Crippen LogP contribution is 2.32. The average molecular weight is 392 g/mol. The molecule has 0 aliphatic heterocycles. The molecule has 0 atom stereocenters. The Bertz CT molecular complexity index is 1160. The van der Waals surface area contributed by atoms with Crippen molar-refractivity contribution >= 4 is 29.0 Å². The van der Waals surface area contributed by atoms with Crippen LogP contribution in [0.2, 0.25) is 0 Å². The summed E-state index contributed by atoms with van der Waals surface area (Å²) in [4.78, 5) is 16.3. The predicted octanol–water partition coefficient (Wildman–Crippen LogP) is 3.80. The van der Waals surface area contributed by atoms with Gasteiger partial charge >= 0.3 is 0 Å². The van der Waals surface area contributed by atoms with E-state index in [-0.39, 0.29) is 12.5 Å². The molecule has 29 heavy (non-hydrogen) atoms. The van der Waals surface area contributed by atoms with Crippen molar-refractivity contribution in [2.45, 2.75) is 6.54 Å². The maximum atomic E-state index is 13.0. The van der Waals surface area contributed by atoms with Crippen LogP contribution in [0.4, 0.5) is 4.39 Å². The Balaban J connectivity index is 1.65. The smallest absolute Gasteiger partial charge is 0.255 e. The largest absolute Gasteiger partial charge is 0.495 e. The number of fused-ring (bicyclic) bond motifs is 1. The van der Waals surface area contributed by atoms with Crippen LogP contribution in [0, 0.1) is 5.95 Å². The zero-order valence-electron chi connectivity index (χ0n) is 15.5. The van der Waals surface area contributed by atoms with E-state index in [1.165, 1.54) is 19.4 Å². The molecule has 2 N–H and O–H groups in total. The molecule has 0 saturated heterocycles. The van der Waals surface area contributed by atoms with Crippen LogP contribution in [0.15, 0.2) is 53.3 Å². The van der Waals surface area contributed by atoms with Crippen molar-refractivity contribution in [1.82, 2.24) is 20.5 Å². The number of nitrogens with zero attached hydrogens (tertiary/aromatic N) is 2. The Morgan fingerprint density at radius 1 is 1.28 bits per heavy atom. The minimum atomic E-state index is -0.542. The van der Waals surface area contributed by atoms with Gasteiger partial charge in [-0.05, 0) is 48.0 Å². The number of amides is 1. The maximum absolute atomic E-state index is 13.0. The van der Waals surface area contributed by atoms with Crippen LogP contribution in [0.1, 0.15) is 27.4 Å². The molecular weight excluding hydrogens is 375 g/mol. The number of methoxy groups -OCH3 is 1. The zero-order chi connectivity index (χ0) is 20.2. The Morgan fingerprint density at radius 2 is 2.17 bits per heavy atom. The molecule has 1 aromatic carbocycles. The number of carbonyl (C=O) groups excluding carboxylic acids is 1. The average Bonchev–Trinajstić information content (AvgIpc) is 3.40. The van der Waals surface area contributed by atoms with Crippen LogP contribution in [-0.2, 0) is 6.54 Å². The summed E-state index contributed by atoms with van der Waals surface area (Å²) in [6.45, 7) is 0.267. The number of pyridine rings is 1. The number of H-pyrrole nitrogens is 1. The second-order valence-corrected chi connectivity index (χ2v) is 6.19. The summed E-state index contributed by atoms with van der Waals surface area (Å²) < 4.78 is 23.7. The quantitative estimate of drug-likeness (QED) is 0.487. The van der Waals surface area contributed by atoms with Crippen molar-refractivity contribution in [3.05, 3.63) is 77.4 Å². The Labute approximate surface area is 165 Å².